The molecule has 21 heavy (non-hydrogen) atoms. The van der Waals surface area contributed by atoms with Gasteiger partial charge in [0.2, 0.25) is 5.91 Å². The highest BCUT2D eigenvalue weighted by atomic mass is 16.5. The molecule has 0 saturated carbocycles. The smallest absolute Gasteiger partial charge is 0.255 e. The molecule has 0 aliphatic carbocycles. The van der Waals surface area contributed by atoms with Crippen LogP contribution in [0.5, 0.6) is 11.5 Å². The minimum Gasteiger partial charge on any atom is -0.507 e. The molecule has 1 fully saturated rings. The lowest BCUT2D eigenvalue weighted by Crippen LogP contribution is -2.42. The second kappa shape index (κ2) is 6.97. The minimum absolute atomic E-state index is 0.0513. The van der Waals surface area contributed by atoms with E-state index < -0.39 is 5.91 Å². The normalized spacial score (nSPS) is 14.6. The first-order valence-electron chi connectivity index (χ1n) is 7.05. The molecule has 1 saturated heterocycles. The van der Waals surface area contributed by atoms with Gasteiger partial charge in [0, 0.05) is 19.2 Å². The molecule has 0 unspecified atom stereocenters. The van der Waals surface area contributed by atoms with Crippen molar-refractivity contribution in [3.05, 3.63) is 23.8 Å². The van der Waals surface area contributed by atoms with Gasteiger partial charge in [0.05, 0.1) is 19.2 Å². The number of ether oxygens (including phenoxy) is 1. The van der Waals surface area contributed by atoms with Crippen LogP contribution >= 0.6 is 0 Å². The third kappa shape index (κ3) is 3.87. The molecule has 0 radical (unpaired) electrons. The van der Waals surface area contributed by atoms with Gasteiger partial charge in [-0.15, -0.1) is 0 Å². The van der Waals surface area contributed by atoms with E-state index in [4.69, 9.17) is 4.74 Å². The van der Waals surface area contributed by atoms with Crippen LogP contribution in [0.15, 0.2) is 18.2 Å². The van der Waals surface area contributed by atoms with Crippen molar-refractivity contribution in [1.29, 1.82) is 0 Å². The van der Waals surface area contributed by atoms with Crippen molar-refractivity contribution in [2.24, 2.45) is 0 Å². The van der Waals surface area contributed by atoms with Crippen molar-refractivity contribution in [3.8, 4) is 11.5 Å². The number of nitrogens with zero attached hydrogens (tertiary/aromatic N) is 1. The number of piperidine rings is 1. The molecule has 1 aliphatic heterocycles. The van der Waals surface area contributed by atoms with Crippen LogP contribution in [0, 0.1) is 0 Å². The lowest BCUT2D eigenvalue weighted by atomic mass is 10.1. The molecule has 1 aliphatic rings. The van der Waals surface area contributed by atoms with Crippen molar-refractivity contribution in [2.75, 3.05) is 26.7 Å². The van der Waals surface area contributed by atoms with Crippen molar-refractivity contribution in [2.45, 2.75) is 19.3 Å². The van der Waals surface area contributed by atoms with E-state index in [-0.39, 0.29) is 23.8 Å². The van der Waals surface area contributed by atoms with Crippen LogP contribution in [-0.2, 0) is 4.79 Å². The van der Waals surface area contributed by atoms with E-state index in [1.165, 1.54) is 19.2 Å². The zero-order chi connectivity index (χ0) is 15.2. The van der Waals surface area contributed by atoms with Gasteiger partial charge in [0.15, 0.2) is 0 Å². The summed E-state index contributed by atoms with van der Waals surface area (Å²) < 4.78 is 4.95. The second-order valence-corrected chi connectivity index (χ2v) is 5.01. The highest BCUT2D eigenvalue weighted by Gasteiger charge is 2.18. The Morgan fingerprint density at radius 2 is 2.00 bits per heavy atom. The Kier molecular flexibility index (Phi) is 5.03. The molecular weight excluding hydrogens is 272 g/mol. The maximum atomic E-state index is 12.0. The first-order chi connectivity index (χ1) is 10.1. The molecular formula is C15H20N2O4. The van der Waals surface area contributed by atoms with E-state index in [2.05, 4.69) is 5.32 Å². The van der Waals surface area contributed by atoms with Gasteiger partial charge in [-0.25, -0.2) is 0 Å². The molecule has 114 valence electrons. The van der Waals surface area contributed by atoms with Crippen LogP contribution in [0.4, 0.5) is 0 Å². The molecule has 2 N–H and O–H groups in total. The van der Waals surface area contributed by atoms with E-state index in [1.54, 1.807) is 11.0 Å². The number of hydrogen-bond donors (Lipinski definition) is 2. The van der Waals surface area contributed by atoms with Gasteiger partial charge in [0.1, 0.15) is 11.5 Å². The summed E-state index contributed by atoms with van der Waals surface area (Å²) in [5, 5.41) is 12.3. The summed E-state index contributed by atoms with van der Waals surface area (Å²) in [6, 6.07) is 4.41. The summed E-state index contributed by atoms with van der Waals surface area (Å²) in [4.78, 5) is 25.7. The Balaban J connectivity index is 1.90. The topological polar surface area (TPSA) is 78.9 Å². The first kappa shape index (κ1) is 15.2. The largest absolute Gasteiger partial charge is 0.507 e. The van der Waals surface area contributed by atoms with E-state index >= 15 is 0 Å². The summed E-state index contributed by atoms with van der Waals surface area (Å²) in [7, 11) is 1.48. The third-order valence-electron chi connectivity index (χ3n) is 3.56. The van der Waals surface area contributed by atoms with E-state index in [0.717, 1.165) is 32.4 Å². The predicted octanol–water partition coefficient (Wildman–Crippen LogP) is 1.14. The van der Waals surface area contributed by atoms with Gasteiger partial charge in [-0.1, -0.05) is 0 Å². The number of phenolic OH excluding ortho intramolecular Hbond substituents is 1. The molecule has 6 heteroatoms. The van der Waals surface area contributed by atoms with Crippen LogP contribution in [0.2, 0.25) is 0 Å². The van der Waals surface area contributed by atoms with E-state index in [9.17, 15) is 14.7 Å². The van der Waals surface area contributed by atoms with Crippen LogP contribution in [-0.4, -0.2) is 48.6 Å². The van der Waals surface area contributed by atoms with E-state index in [0.29, 0.717) is 5.75 Å². The summed E-state index contributed by atoms with van der Waals surface area (Å²) in [6.45, 7) is 1.45. The Bertz CT molecular complexity index is 524. The quantitative estimate of drug-likeness (QED) is 0.872. The zero-order valence-electron chi connectivity index (χ0n) is 12.1. The number of carbonyl (C=O) groups excluding carboxylic acids is 2. The Hall–Kier alpha value is -2.24. The number of rotatable bonds is 4. The minimum atomic E-state index is -0.472. The fourth-order valence-electron chi connectivity index (χ4n) is 2.34. The van der Waals surface area contributed by atoms with E-state index in [1.807, 2.05) is 0 Å². The van der Waals surface area contributed by atoms with Gasteiger partial charge < -0.3 is 20.1 Å². The fourth-order valence-corrected chi connectivity index (χ4v) is 2.34. The fraction of sp³-hybridized carbons (Fsp3) is 0.467. The van der Waals surface area contributed by atoms with Crippen molar-refractivity contribution >= 4 is 11.8 Å². The van der Waals surface area contributed by atoms with Gasteiger partial charge >= 0.3 is 0 Å². The highest BCUT2D eigenvalue weighted by Crippen LogP contribution is 2.23. The molecule has 1 aromatic carbocycles. The molecule has 0 atom stereocenters. The van der Waals surface area contributed by atoms with Crippen LogP contribution < -0.4 is 10.1 Å². The maximum Gasteiger partial charge on any atom is 0.255 e. The summed E-state index contributed by atoms with van der Waals surface area (Å²) in [5.74, 6) is -0.262. The number of hydrogen-bond acceptors (Lipinski definition) is 4. The molecule has 0 aromatic heterocycles. The average Bonchev–Trinajstić information content (AvgIpc) is 2.52. The number of nitrogens with one attached hydrogen (secondary N) is 1. The highest BCUT2D eigenvalue weighted by molar-refractivity contribution is 5.98. The summed E-state index contributed by atoms with van der Waals surface area (Å²) >= 11 is 0. The second-order valence-electron chi connectivity index (χ2n) is 5.01. The predicted molar refractivity (Wildman–Crippen MR) is 77.4 cm³/mol. The molecule has 1 aromatic rings. The monoisotopic (exact) mass is 292 g/mol. The number of aromatic hydroxyl groups is 1. The number of likely N-dealkylation sites (tertiary alicyclic amines) is 1. The van der Waals surface area contributed by atoms with Crippen molar-refractivity contribution < 1.29 is 19.4 Å². The third-order valence-corrected chi connectivity index (χ3v) is 3.56. The van der Waals surface area contributed by atoms with Gasteiger partial charge in [-0.05, 0) is 31.4 Å². The molecule has 0 bridgehead atoms. The SMILES string of the molecule is COc1ccc(C(=O)NCC(=O)N2CCCCC2)c(O)c1. The zero-order valence-corrected chi connectivity index (χ0v) is 12.1. The van der Waals surface area contributed by atoms with Crippen molar-refractivity contribution in [3.63, 3.8) is 0 Å². The molecule has 0 spiro atoms. The Morgan fingerprint density at radius 3 is 2.62 bits per heavy atom. The summed E-state index contributed by atoms with van der Waals surface area (Å²) in [6.07, 6.45) is 3.17. The van der Waals surface area contributed by atoms with Crippen LogP contribution in [0.1, 0.15) is 29.6 Å². The number of amides is 2. The summed E-state index contributed by atoms with van der Waals surface area (Å²) in [5.41, 5.74) is 0.127. The first-order valence-corrected chi connectivity index (χ1v) is 7.05. The number of methoxy groups -OCH3 is 1. The number of benzene rings is 1. The van der Waals surface area contributed by atoms with Crippen molar-refractivity contribution in [1.82, 2.24) is 10.2 Å². The molecule has 2 rings (SSSR count). The Labute approximate surface area is 123 Å². The maximum absolute atomic E-state index is 12.0. The lowest BCUT2D eigenvalue weighted by Gasteiger charge is -2.26. The van der Waals surface area contributed by atoms with Gasteiger partial charge in [-0.3, -0.25) is 9.59 Å². The lowest BCUT2D eigenvalue weighted by molar-refractivity contribution is -0.130. The molecule has 2 amide bonds. The Morgan fingerprint density at radius 1 is 1.29 bits per heavy atom. The van der Waals surface area contributed by atoms with Crippen LogP contribution in [0.25, 0.3) is 0 Å². The van der Waals surface area contributed by atoms with Gasteiger partial charge in [-0.2, -0.15) is 0 Å². The number of carbonyl (C=O) groups is 2. The standard InChI is InChI=1S/C15H20N2O4/c1-21-11-5-6-12(13(18)9-11)15(20)16-10-14(19)17-7-3-2-4-8-17/h5-6,9,18H,2-4,7-8,10H2,1H3,(H,16,20). The van der Waals surface area contributed by atoms with Gasteiger partial charge in [0.25, 0.3) is 5.91 Å². The molecule has 1 heterocycles. The number of phenols is 1. The average molecular weight is 292 g/mol. The van der Waals surface area contributed by atoms with Crippen LogP contribution in [0.3, 0.4) is 0 Å². The molecule has 6 nitrogen and oxygen atoms in total.